The third-order valence-corrected chi connectivity index (χ3v) is 8.43. The summed E-state index contributed by atoms with van der Waals surface area (Å²) in [5.74, 6) is 4.54. The molecular formula is C28H28N2O6S. The Morgan fingerprint density at radius 3 is 2.11 bits per heavy atom. The van der Waals surface area contributed by atoms with E-state index in [1.807, 2.05) is 36.4 Å². The first-order valence-electron chi connectivity index (χ1n) is 11.7. The Bertz CT molecular complexity index is 1400. The van der Waals surface area contributed by atoms with Crippen molar-refractivity contribution in [1.82, 2.24) is 0 Å². The second-order valence-electron chi connectivity index (χ2n) is 8.58. The van der Waals surface area contributed by atoms with Crippen LogP contribution in [0.15, 0.2) is 77.7 Å². The van der Waals surface area contributed by atoms with E-state index in [1.54, 1.807) is 31.4 Å². The first-order chi connectivity index (χ1) is 17.7. The Morgan fingerprint density at radius 2 is 1.57 bits per heavy atom. The van der Waals surface area contributed by atoms with Crippen LogP contribution in [0.5, 0.6) is 5.75 Å². The van der Waals surface area contributed by atoms with Gasteiger partial charge in [0, 0.05) is 24.3 Å². The molecule has 0 aromatic heterocycles. The van der Waals surface area contributed by atoms with Crippen LogP contribution in [0, 0.1) is 11.8 Å². The highest BCUT2D eigenvalue weighted by Gasteiger charge is 2.48. The van der Waals surface area contributed by atoms with E-state index in [0.29, 0.717) is 24.5 Å². The summed E-state index contributed by atoms with van der Waals surface area (Å²) in [5, 5.41) is 9.79. The number of hydrogen-bond acceptors (Lipinski definition) is 7. The lowest BCUT2D eigenvalue weighted by Gasteiger charge is -2.28. The Morgan fingerprint density at radius 1 is 1.00 bits per heavy atom. The fourth-order valence-corrected chi connectivity index (χ4v) is 5.37. The predicted octanol–water partition coefficient (Wildman–Crippen LogP) is 3.15. The number of morpholine rings is 1. The molecule has 8 nitrogen and oxygen atoms in total. The molecule has 37 heavy (non-hydrogen) atoms. The van der Waals surface area contributed by atoms with Crippen molar-refractivity contribution in [3.63, 3.8) is 0 Å². The van der Waals surface area contributed by atoms with Crippen LogP contribution in [0.4, 0.5) is 5.69 Å². The highest BCUT2D eigenvalue weighted by Crippen LogP contribution is 2.28. The summed E-state index contributed by atoms with van der Waals surface area (Å²) >= 11 is 0. The van der Waals surface area contributed by atoms with Gasteiger partial charge < -0.3 is 25.2 Å². The van der Waals surface area contributed by atoms with Crippen LogP contribution in [0.1, 0.15) is 12.0 Å². The fraction of sp³-hybridized carbons (Fsp3) is 0.250. The molecular weight excluding hydrogens is 492 g/mol. The zero-order valence-corrected chi connectivity index (χ0v) is 21.2. The van der Waals surface area contributed by atoms with Gasteiger partial charge in [0.05, 0.1) is 31.6 Å². The van der Waals surface area contributed by atoms with E-state index in [0.717, 1.165) is 29.9 Å². The minimum absolute atomic E-state index is 0.189. The number of ether oxygens (including phenoxy) is 2. The van der Waals surface area contributed by atoms with Crippen molar-refractivity contribution < 1.29 is 27.8 Å². The largest absolute Gasteiger partial charge is 0.497 e. The quantitative estimate of drug-likeness (QED) is 0.456. The SMILES string of the molecule is COc1ccc(-c2ccc(S(=O)(=O)C(N)(CC#Cc3ccc(N4CCOCC4)cc3)C(=O)O)cc2)cc1. The lowest BCUT2D eigenvalue weighted by molar-refractivity contribution is -0.139. The molecule has 0 spiro atoms. The van der Waals surface area contributed by atoms with Gasteiger partial charge in [-0.2, -0.15) is 0 Å². The van der Waals surface area contributed by atoms with Gasteiger partial charge in [0.25, 0.3) is 0 Å². The average molecular weight is 521 g/mol. The number of anilines is 1. The predicted molar refractivity (Wildman–Crippen MR) is 141 cm³/mol. The van der Waals surface area contributed by atoms with E-state index in [9.17, 15) is 18.3 Å². The van der Waals surface area contributed by atoms with E-state index in [4.69, 9.17) is 15.2 Å². The second kappa shape index (κ2) is 11.0. The molecule has 3 aromatic rings. The number of rotatable bonds is 7. The lowest BCUT2D eigenvalue weighted by atomic mass is 10.1. The van der Waals surface area contributed by atoms with Crippen LogP contribution >= 0.6 is 0 Å². The van der Waals surface area contributed by atoms with Crippen LogP contribution in [-0.2, 0) is 19.4 Å². The number of sulfone groups is 1. The van der Waals surface area contributed by atoms with Crippen LogP contribution in [-0.4, -0.2) is 57.8 Å². The minimum atomic E-state index is -4.45. The highest BCUT2D eigenvalue weighted by atomic mass is 32.2. The maximum absolute atomic E-state index is 13.3. The maximum atomic E-state index is 13.3. The van der Waals surface area contributed by atoms with Gasteiger partial charge >= 0.3 is 5.97 Å². The summed E-state index contributed by atoms with van der Waals surface area (Å²) in [7, 11) is -2.88. The Labute approximate surface area is 216 Å². The van der Waals surface area contributed by atoms with Gasteiger partial charge in [-0.05, 0) is 59.7 Å². The van der Waals surface area contributed by atoms with Crippen molar-refractivity contribution in [2.45, 2.75) is 16.2 Å². The van der Waals surface area contributed by atoms with Crippen LogP contribution < -0.4 is 15.4 Å². The summed E-state index contributed by atoms with van der Waals surface area (Å²) < 4.78 is 37.1. The zero-order valence-electron chi connectivity index (χ0n) is 20.4. The van der Waals surface area contributed by atoms with E-state index >= 15 is 0 Å². The fourth-order valence-electron chi connectivity index (χ4n) is 3.96. The molecule has 1 aliphatic rings. The Balaban J connectivity index is 1.51. The molecule has 1 saturated heterocycles. The van der Waals surface area contributed by atoms with Gasteiger partial charge in [-0.15, -0.1) is 0 Å². The molecule has 0 bridgehead atoms. The van der Waals surface area contributed by atoms with Crippen LogP contribution in [0.25, 0.3) is 11.1 Å². The summed E-state index contributed by atoms with van der Waals surface area (Å²) in [6, 6.07) is 20.7. The topological polar surface area (TPSA) is 119 Å². The number of hydrogen-bond donors (Lipinski definition) is 2. The number of aliphatic carboxylic acids is 1. The first kappa shape index (κ1) is 26.2. The first-order valence-corrected chi connectivity index (χ1v) is 13.2. The number of nitrogens with zero attached hydrogens (tertiary/aromatic N) is 1. The summed E-state index contributed by atoms with van der Waals surface area (Å²) in [4.78, 5) is 11.5. The molecule has 1 aliphatic heterocycles. The molecule has 4 rings (SSSR count). The molecule has 1 heterocycles. The van der Waals surface area contributed by atoms with E-state index in [1.165, 1.54) is 12.1 Å². The molecule has 0 amide bonds. The normalized spacial score (nSPS) is 15.2. The highest BCUT2D eigenvalue weighted by molar-refractivity contribution is 7.93. The molecule has 0 radical (unpaired) electrons. The number of benzene rings is 3. The molecule has 0 saturated carbocycles. The van der Waals surface area contributed by atoms with Gasteiger partial charge in [-0.3, -0.25) is 0 Å². The number of carboxylic acid groups (broad SMARTS) is 1. The standard InChI is InChI=1S/C28H28N2O6S/c1-35-25-12-6-22(7-13-25)23-8-14-26(15-9-23)37(33,34)28(29,27(31)32)16-2-3-21-4-10-24(11-5-21)30-17-19-36-20-18-30/h4-15H,16-20,29H2,1H3,(H,31,32). The third kappa shape index (κ3) is 5.62. The second-order valence-corrected chi connectivity index (χ2v) is 10.8. The third-order valence-electron chi connectivity index (χ3n) is 6.26. The van der Waals surface area contributed by atoms with Gasteiger partial charge in [-0.1, -0.05) is 36.1 Å². The smallest absolute Gasteiger partial charge is 0.340 e. The summed E-state index contributed by atoms with van der Waals surface area (Å²) in [6.07, 6.45) is -0.573. The van der Waals surface area contributed by atoms with Crippen molar-refractivity contribution in [3.8, 4) is 28.7 Å². The molecule has 0 aliphatic carbocycles. The summed E-state index contributed by atoms with van der Waals surface area (Å²) in [5.41, 5.74) is 9.28. The van der Waals surface area contributed by atoms with Crippen LogP contribution in [0.2, 0.25) is 0 Å². The molecule has 192 valence electrons. The average Bonchev–Trinajstić information content (AvgIpc) is 2.93. The van der Waals surface area contributed by atoms with Crippen molar-refractivity contribution >= 4 is 21.5 Å². The van der Waals surface area contributed by atoms with E-state index < -0.39 is 27.1 Å². The molecule has 1 unspecified atom stereocenters. The van der Waals surface area contributed by atoms with E-state index in [-0.39, 0.29) is 4.90 Å². The zero-order chi connectivity index (χ0) is 26.5. The van der Waals surface area contributed by atoms with Gasteiger partial charge in [0.15, 0.2) is 0 Å². The number of methoxy groups -OCH3 is 1. The minimum Gasteiger partial charge on any atom is -0.497 e. The van der Waals surface area contributed by atoms with Crippen molar-refractivity contribution in [3.05, 3.63) is 78.4 Å². The van der Waals surface area contributed by atoms with Crippen molar-refractivity contribution in [2.75, 3.05) is 38.3 Å². The molecule has 3 N–H and O–H groups in total. The van der Waals surface area contributed by atoms with Gasteiger partial charge in [0.2, 0.25) is 14.7 Å². The van der Waals surface area contributed by atoms with Crippen LogP contribution in [0.3, 0.4) is 0 Å². The Hall–Kier alpha value is -3.84. The molecule has 1 atom stereocenters. The molecule has 9 heteroatoms. The summed E-state index contributed by atoms with van der Waals surface area (Å²) in [6.45, 7) is 2.96. The maximum Gasteiger partial charge on any atom is 0.340 e. The van der Waals surface area contributed by atoms with E-state index in [2.05, 4.69) is 16.7 Å². The van der Waals surface area contributed by atoms with Crippen molar-refractivity contribution in [2.24, 2.45) is 5.73 Å². The van der Waals surface area contributed by atoms with Crippen molar-refractivity contribution in [1.29, 1.82) is 0 Å². The monoisotopic (exact) mass is 520 g/mol. The van der Waals surface area contributed by atoms with Gasteiger partial charge in [-0.25, -0.2) is 13.2 Å². The lowest BCUT2D eigenvalue weighted by Crippen LogP contribution is -2.54. The number of carboxylic acids is 1. The molecule has 1 fully saturated rings. The van der Waals surface area contributed by atoms with Gasteiger partial charge in [0.1, 0.15) is 5.75 Å². The molecule has 3 aromatic carbocycles. The number of nitrogens with two attached hydrogens (primary N) is 1. The Kier molecular flexibility index (Phi) is 7.83. The number of carbonyl (C=O) groups is 1.